The van der Waals surface area contributed by atoms with Crippen LogP contribution in [-0.4, -0.2) is 32.3 Å². The Balaban J connectivity index is 1.73. The number of ether oxygens (including phenoxy) is 3. The number of anilines is 1. The fraction of sp³-hybridized carbons (Fsp3) is 0.409. The Kier molecular flexibility index (Phi) is 6.04. The van der Waals surface area contributed by atoms with Crippen molar-refractivity contribution in [3.63, 3.8) is 0 Å². The van der Waals surface area contributed by atoms with Gasteiger partial charge in [0.25, 0.3) is 5.91 Å². The van der Waals surface area contributed by atoms with E-state index in [1.165, 1.54) is 0 Å². The van der Waals surface area contributed by atoms with Gasteiger partial charge in [0.1, 0.15) is 5.75 Å². The smallest absolute Gasteiger partial charge is 0.268 e. The lowest BCUT2D eigenvalue weighted by molar-refractivity contribution is -0.122. The highest BCUT2D eigenvalue weighted by atomic mass is 35.5. The van der Waals surface area contributed by atoms with Gasteiger partial charge in [-0.15, -0.1) is 0 Å². The Bertz CT molecular complexity index is 847. The molecule has 0 saturated carbocycles. The van der Waals surface area contributed by atoms with E-state index in [1.807, 2.05) is 30.3 Å². The molecule has 5 nitrogen and oxygen atoms in total. The summed E-state index contributed by atoms with van der Waals surface area (Å²) in [5.41, 5.74) is 0.799. The molecule has 150 valence electrons. The molecule has 28 heavy (non-hydrogen) atoms. The van der Waals surface area contributed by atoms with Crippen LogP contribution >= 0.6 is 11.6 Å². The summed E-state index contributed by atoms with van der Waals surface area (Å²) >= 11 is 6.14. The summed E-state index contributed by atoms with van der Waals surface area (Å²) in [6.45, 7) is 7.46. The molecule has 1 unspecified atom stereocenters. The molecule has 0 aliphatic carbocycles. The van der Waals surface area contributed by atoms with Crippen LogP contribution < -0.4 is 19.1 Å². The van der Waals surface area contributed by atoms with Gasteiger partial charge >= 0.3 is 0 Å². The Morgan fingerprint density at radius 3 is 2.54 bits per heavy atom. The second kappa shape index (κ2) is 8.31. The van der Waals surface area contributed by atoms with E-state index in [0.717, 1.165) is 5.69 Å². The summed E-state index contributed by atoms with van der Waals surface area (Å²) < 4.78 is 17.2. The van der Waals surface area contributed by atoms with Crippen LogP contribution in [0.15, 0.2) is 42.5 Å². The summed E-state index contributed by atoms with van der Waals surface area (Å²) in [6.07, 6.45) is 0.0389. The zero-order valence-corrected chi connectivity index (χ0v) is 17.5. The third kappa shape index (κ3) is 4.71. The lowest BCUT2D eigenvalue weighted by Crippen LogP contribution is -2.32. The second-order valence-corrected chi connectivity index (χ2v) is 8.41. The Morgan fingerprint density at radius 2 is 1.86 bits per heavy atom. The maximum absolute atomic E-state index is 12.8. The molecule has 1 aliphatic rings. The van der Waals surface area contributed by atoms with Crippen molar-refractivity contribution in [3.05, 3.63) is 47.5 Å². The van der Waals surface area contributed by atoms with Gasteiger partial charge in [-0.3, -0.25) is 4.79 Å². The van der Waals surface area contributed by atoms with Crippen molar-refractivity contribution in [2.45, 2.75) is 33.3 Å². The first-order valence-electron chi connectivity index (χ1n) is 9.32. The maximum atomic E-state index is 12.8. The number of hydrogen-bond donors (Lipinski definition) is 0. The van der Waals surface area contributed by atoms with E-state index in [4.69, 9.17) is 25.8 Å². The molecule has 0 spiro atoms. The number of benzene rings is 2. The minimum Gasteiger partial charge on any atom is -0.493 e. The highest BCUT2D eigenvalue weighted by molar-refractivity contribution is 6.32. The van der Waals surface area contributed by atoms with E-state index in [1.54, 1.807) is 24.1 Å². The lowest BCUT2D eigenvalue weighted by atomic mass is 9.99. The van der Waals surface area contributed by atoms with Crippen LogP contribution in [0.4, 0.5) is 5.69 Å². The molecule has 1 aliphatic heterocycles. The van der Waals surface area contributed by atoms with Crippen molar-refractivity contribution in [1.29, 1.82) is 0 Å². The van der Waals surface area contributed by atoms with Crippen molar-refractivity contribution in [2.75, 3.05) is 25.2 Å². The summed E-state index contributed by atoms with van der Waals surface area (Å²) in [6, 6.07) is 12.7. The van der Waals surface area contributed by atoms with Crippen LogP contribution in [0.5, 0.6) is 17.2 Å². The quantitative estimate of drug-likeness (QED) is 0.684. The Hall–Kier alpha value is -2.40. The molecule has 1 heterocycles. The standard InChI is InChI=1S/C22H26ClNO4/c1-22(2,3)14-27-18-10-9-15(13-20(18)26-4)24-12-11-19(21(24)25)28-17-8-6-5-7-16(17)23/h5-10,13,19H,11-12,14H2,1-4H3. The fourth-order valence-electron chi connectivity index (χ4n) is 2.95. The van der Waals surface area contributed by atoms with Crippen molar-refractivity contribution >= 4 is 23.2 Å². The second-order valence-electron chi connectivity index (χ2n) is 8.00. The van der Waals surface area contributed by atoms with Gasteiger partial charge in [-0.25, -0.2) is 0 Å². The number of methoxy groups -OCH3 is 1. The zero-order valence-electron chi connectivity index (χ0n) is 16.7. The SMILES string of the molecule is COc1cc(N2CCC(Oc3ccccc3Cl)C2=O)ccc1OCC(C)(C)C. The van der Waals surface area contributed by atoms with Crippen LogP contribution in [0.25, 0.3) is 0 Å². The van der Waals surface area contributed by atoms with Gasteiger partial charge in [0.15, 0.2) is 17.6 Å². The molecule has 0 radical (unpaired) electrons. The average Bonchev–Trinajstić information content (AvgIpc) is 3.01. The first-order valence-corrected chi connectivity index (χ1v) is 9.70. The van der Waals surface area contributed by atoms with Crippen molar-refractivity contribution < 1.29 is 19.0 Å². The number of carbonyl (C=O) groups excluding carboxylic acids is 1. The fourth-order valence-corrected chi connectivity index (χ4v) is 3.13. The number of para-hydroxylation sites is 1. The Morgan fingerprint density at radius 1 is 1.11 bits per heavy atom. The first-order chi connectivity index (χ1) is 13.3. The van der Waals surface area contributed by atoms with E-state index in [-0.39, 0.29) is 11.3 Å². The van der Waals surface area contributed by atoms with E-state index in [9.17, 15) is 4.79 Å². The van der Waals surface area contributed by atoms with Crippen LogP contribution in [0.1, 0.15) is 27.2 Å². The highest BCUT2D eigenvalue weighted by Gasteiger charge is 2.35. The van der Waals surface area contributed by atoms with E-state index < -0.39 is 6.10 Å². The Labute approximate surface area is 171 Å². The molecule has 1 saturated heterocycles. The van der Waals surface area contributed by atoms with Crippen molar-refractivity contribution in [1.82, 2.24) is 0 Å². The predicted octanol–water partition coefficient (Wildman–Crippen LogP) is 4.96. The number of amides is 1. The van der Waals surface area contributed by atoms with Gasteiger partial charge in [0.2, 0.25) is 0 Å². The molecule has 2 aromatic rings. The van der Waals surface area contributed by atoms with Crippen LogP contribution in [-0.2, 0) is 4.79 Å². The average molecular weight is 404 g/mol. The van der Waals surface area contributed by atoms with Gasteiger partial charge in [-0.2, -0.15) is 0 Å². The maximum Gasteiger partial charge on any atom is 0.268 e. The van der Waals surface area contributed by atoms with Gasteiger partial charge in [0, 0.05) is 24.7 Å². The molecule has 0 bridgehead atoms. The topological polar surface area (TPSA) is 48.0 Å². The molecule has 2 aromatic carbocycles. The molecule has 1 fully saturated rings. The molecule has 6 heteroatoms. The minimum absolute atomic E-state index is 0.0396. The largest absolute Gasteiger partial charge is 0.493 e. The summed E-state index contributed by atoms with van der Waals surface area (Å²) in [4.78, 5) is 14.6. The van der Waals surface area contributed by atoms with Crippen LogP contribution in [0.2, 0.25) is 5.02 Å². The van der Waals surface area contributed by atoms with Crippen molar-refractivity contribution in [3.8, 4) is 17.2 Å². The normalized spacial score (nSPS) is 17.0. The van der Waals surface area contributed by atoms with Crippen LogP contribution in [0, 0.1) is 5.41 Å². The molecule has 1 atom stereocenters. The van der Waals surface area contributed by atoms with Gasteiger partial charge in [-0.05, 0) is 29.7 Å². The molecular weight excluding hydrogens is 378 g/mol. The number of halogens is 1. The van der Waals surface area contributed by atoms with E-state index >= 15 is 0 Å². The number of hydrogen-bond acceptors (Lipinski definition) is 4. The van der Waals surface area contributed by atoms with Gasteiger partial charge < -0.3 is 19.1 Å². The molecule has 3 rings (SSSR count). The monoisotopic (exact) mass is 403 g/mol. The highest BCUT2D eigenvalue weighted by Crippen LogP contribution is 2.35. The third-order valence-electron chi connectivity index (χ3n) is 4.38. The third-order valence-corrected chi connectivity index (χ3v) is 4.69. The van der Waals surface area contributed by atoms with E-state index in [2.05, 4.69) is 20.8 Å². The summed E-state index contributed by atoms with van der Waals surface area (Å²) in [7, 11) is 1.60. The zero-order chi connectivity index (χ0) is 20.3. The molecular formula is C22H26ClNO4. The molecule has 1 amide bonds. The molecule has 0 aromatic heterocycles. The minimum atomic E-state index is -0.553. The van der Waals surface area contributed by atoms with E-state index in [0.29, 0.717) is 41.8 Å². The van der Waals surface area contributed by atoms with Gasteiger partial charge in [0.05, 0.1) is 18.7 Å². The number of carbonyl (C=O) groups is 1. The number of rotatable bonds is 6. The first kappa shape index (κ1) is 20.3. The van der Waals surface area contributed by atoms with Crippen LogP contribution in [0.3, 0.4) is 0 Å². The number of nitrogens with zero attached hydrogens (tertiary/aromatic N) is 1. The summed E-state index contributed by atoms with van der Waals surface area (Å²) in [5, 5.41) is 0.496. The van der Waals surface area contributed by atoms with Gasteiger partial charge in [-0.1, -0.05) is 44.5 Å². The summed E-state index contributed by atoms with van der Waals surface area (Å²) in [5.74, 6) is 1.69. The molecule has 0 N–H and O–H groups in total. The predicted molar refractivity (Wildman–Crippen MR) is 111 cm³/mol. The van der Waals surface area contributed by atoms with Crippen molar-refractivity contribution in [2.24, 2.45) is 5.41 Å². The lowest BCUT2D eigenvalue weighted by Gasteiger charge is -2.22.